The average Bonchev–Trinajstić information content (AvgIpc) is 4.24. The lowest BCUT2D eigenvalue weighted by Gasteiger charge is -2.44. The van der Waals surface area contributed by atoms with Crippen molar-refractivity contribution in [2.75, 3.05) is 0 Å². The van der Waals surface area contributed by atoms with E-state index in [1.54, 1.807) is 11.1 Å². The SMILES string of the molecule is O=C1C(=CC2=Cc3sc4c(c3C23CCCCC3)C2(CCCCC2)c2c-4sc3c2C2(CCCCC2)C(C=C2C(=O)c4cc5cc6ccccc6cc5cc4C2=O)=C3)C(=O)c2cc3cc4ccccc4cc3cc21. The van der Waals surface area contributed by atoms with E-state index in [4.69, 9.17) is 0 Å². The number of hydrogen-bond donors (Lipinski definition) is 0. The van der Waals surface area contributed by atoms with Gasteiger partial charge in [-0.05, 0) is 188 Å². The highest BCUT2D eigenvalue weighted by Crippen LogP contribution is 2.71. The molecule has 0 aliphatic heterocycles. The molecule has 0 amide bonds. The van der Waals surface area contributed by atoms with Crippen molar-refractivity contribution in [2.24, 2.45) is 0 Å². The molecule has 0 N–H and O–H groups in total. The first-order valence-corrected chi connectivity index (χ1v) is 28.2. The molecule has 0 saturated heterocycles. The van der Waals surface area contributed by atoms with Gasteiger partial charge in [0.25, 0.3) is 0 Å². The maximum atomic E-state index is 14.5. The van der Waals surface area contributed by atoms with E-state index in [9.17, 15) is 19.2 Å². The van der Waals surface area contributed by atoms with Gasteiger partial charge in [-0.3, -0.25) is 19.2 Å². The number of carbonyl (C=O) groups excluding carboxylic acids is 4. The zero-order valence-corrected chi connectivity index (χ0v) is 41.7. The Labute approximate surface area is 425 Å². The summed E-state index contributed by atoms with van der Waals surface area (Å²) in [6.45, 7) is 0. The highest BCUT2D eigenvalue weighted by atomic mass is 32.1. The molecule has 0 radical (unpaired) electrons. The van der Waals surface area contributed by atoms with Crippen LogP contribution in [-0.2, 0) is 16.2 Å². The van der Waals surface area contributed by atoms with E-state index in [-0.39, 0.29) is 39.4 Å². The highest BCUT2D eigenvalue weighted by Gasteiger charge is 2.59. The minimum absolute atomic E-state index is 0.128. The first-order valence-electron chi connectivity index (χ1n) is 26.6. The van der Waals surface area contributed by atoms with Gasteiger partial charge in [-0.15, -0.1) is 22.7 Å². The molecule has 8 aliphatic carbocycles. The highest BCUT2D eigenvalue weighted by molar-refractivity contribution is 7.24. The van der Waals surface area contributed by atoms with Gasteiger partial charge < -0.3 is 0 Å². The van der Waals surface area contributed by atoms with Gasteiger partial charge in [0.1, 0.15) is 0 Å². The molecule has 8 aliphatic rings. The molecule has 0 bridgehead atoms. The Bertz CT molecular complexity index is 3640. The lowest BCUT2D eigenvalue weighted by Crippen LogP contribution is -2.37. The normalized spacial score (nSPS) is 20.8. The minimum atomic E-state index is -0.254. The number of ketones is 4. The third-order valence-corrected chi connectivity index (χ3v) is 21.5. The summed E-state index contributed by atoms with van der Waals surface area (Å²) in [5.74, 6) is -0.604. The smallest absolute Gasteiger partial charge is 0.197 e. The topological polar surface area (TPSA) is 68.3 Å². The number of Topliss-reactive ketones (excluding diaryl/α,β-unsaturated/α-hetero) is 4. The van der Waals surface area contributed by atoms with E-state index < -0.39 is 0 Å². The molecule has 72 heavy (non-hydrogen) atoms. The fourth-order valence-corrected chi connectivity index (χ4v) is 18.8. The third kappa shape index (κ3) is 5.42. The first-order chi connectivity index (χ1) is 35.2. The van der Waals surface area contributed by atoms with Crippen molar-refractivity contribution in [1.82, 2.24) is 0 Å². The number of hydrogen-bond acceptors (Lipinski definition) is 6. The second kappa shape index (κ2) is 14.8. The van der Waals surface area contributed by atoms with Crippen LogP contribution in [0.3, 0.4) is 0 Å². The molecular weight excluding hydrogens is 921 g/mol. The summed E-state index contributed by atoms with van der Waals surface area (Å²) in [7, 11) is 0. The fourth-order valence-electron chi connectivity index (χ4n) is 15.8. The molecule has 3 saturated carbocycles. The van der Waals surface area contributed by atoms with Crippen molar-refractivity contribution in [3.63, 3.8) is 0 Å². The van der Waals surface area contributed by atoms with Crippen LogP contribution < -0.4 is 0 Å². The van der Waals surface area contributed by atoms with E-state index in [1.165, 1.54) is 62.7 Å². The van der Waals surface area contributed by atoms with Gasteiger partial charge in [0.2, 0.25) is 0 Å². The van der Waals surface area contributed by atoms with Gasteiger partial charge in [-0.2, -0.15) is 0 Å². The number of fused-ring (bicyclic) bond motifs is 17. The summed E-state index contributed by atoms with van der Waals surface area (Å²) in [4.78, 5) is 63.8. The van der Waals surface area contributed by atoms with Gasteiger partial charge >= 0.3 is 0 Å². The van der Waals surface area contributed by atoms with Crippen molar-refractivity contribution in [2.45, 2.75) is 113 Å². The van der Waals surface area contributed by atoms with E-state index in [0.29, 0.717) is 33.4 Å². The summed E-state index contributed by atoms with van der Waals surface area (Å²) < 4.78 is 0. The van der Waals surface area contributed by atoms with Crippen molar-refractivity contribution < 1.29 is 19.2 Å². The molecule has 0 atom stereocenters. The monoisotopic (exact) mass is 970 g/mol. The molecular formula is C66H50O4S2. The third-order valence-electron chi connectivity index (χ3n) is 19.0. The van der Waals surface area contributed by atoms with Gasteiger partial charge in [0.05, 0.1) is 11.1 Å². The summed E-state index contributed by atoms with van der Waals surface area (Å²) in [6, 6.07) is 32.9. The standard InChI is InChI=1S/C66H50O4S2/c67-58-46-28-40-24-36-14-4-5-15-37(36)25-41(40)29-47(46)59(68)50(58)32-44-34-52-54(64(44)18-8-1-9-19-64)56-62(71-52)63-57(66(56)22-12-3-13-23-66)55-53(72-63)35-45(65(55)20-10-2-11-21-65)33-51-60(69)48-30-42-26-38-16-6-7-17-39(38)27-43(42)31-49(48)61(51)70/h4-7,14-17,24-35H,1-3,8-13,18-23H2. The number of rotatable bonds is 2. The van der Waals surface area contributed by atoms with Crippen LogP contribution in [0.2, 0.25) is 0 Å². The Morgan fingerprint density at radius 3 is 0.972 bits per heavy atom. The average molecular weight is 971 g/mol. The van der Waals surface area contributed by atoms with Crippen LogP contribution in [0.4, 0.5) is 0 Å². The maximum absolute atomic E-state index is 14.5. The van der Waals surface area contributed by atoms with E-state index >= 15 is 0 Å². The molecule has 3 fully saturated rings. The fraction of sp³-hybridized carbons (Fsp3) is 0.273. The van der Waals surface area contributed by atoms with E-state index in [2.05, 4.69) is 60.7 Å². The van der Waals surface area contributed by atoms with Crippen molar-refractivity contribution in [3.8, 4) is 9.75 Å². The summed E-state index contributed by atoms with van der Waals surface area (Å²) in [5.41, 5.74) is 10.5. The molecule has 6 heteroatoms. The second-order valence-electron chi connectivity index (χ2n) is 22.5. The van der Waals surface area contributed by atoms with Crippen LogP contribution in [0.5, 0.6) is 0 Å². The first kappa shape index (κ1) is 42.0. The van der Waals surface area contributed by atoms with Gasteiger partial charge in [0.15, 0.2) is 23.1 Å². The molecule has 2 aromatic heterocycles. The van der Waals surface area contributed by atoms with Crippen LogP contribution in [0, 0.1) is 0 Å². The summed E-state index contributed by atoms with van der Waals surface area (Å²) in [6.07, 6.45) is 25.6. The van der Waals surface area contributed by atoms with Crippen molar-refractivity contribution in [3.05, 3.63) is 186 Å². The van der Waals surface area contributed by atoms with Gasteiger partial charge in [0, 0.05) is 58.0 Å². The second-order valence-corrected chi connectivity index (χ2v) is 24.6. The van der Waals surface area contributed by atoms with Crippen LogP contribution >= 0.6 is 22.7 Å². The maximum Gasteiger partial charge on any atom is 0.197 e. The lowest BCUT2D eigenvalue weighted by atomic mass is 9.58. The molecule has 2 heterocycles. The Kier molecular flexibility index (Phi) is 8.61. The van der Waals surface area contributed by atoms with Gasteiger partial charge in [-0.25, -0.2) is 0 Å². The molecule has 6 aromatic carbocycles. The molecule has 8 aromatic rings. The van der Waals surface area contributed by atoms with Crippen LogP contribution in [0.15, 0.2) is 132 Å². The van der Waals surface area contributed by atoms with Crippen LogP contribution in [-0.4, -0.2) is 23.1 Å². The van der Waals surface area contributed by atoms with E-state index in [1.807, 2.05) is 83.4 Å². The zero-order valence-electron chi connectivity index (χ0n) is 40.1. The Balaban J connectivity index is 0.817. The van der Waals surface area contributed by atoms with Crippen LogP contribution in [0.1, 0.15) is 170 Å². The van der Waals surface area contributed by atoms with Crippen molar-refractivity contribution >= 4 is 101 Å². The Hall–Kier alpha value is -6.60. The quantitative estimate of drug-likeness (QED) is 0.0983. The predicted octanol–water partition coefficient (Wildman–Crippen LogP) is 16.9. The number of carbonyl (C=O) groups is 4. The Morgan fingerprint density at radius 1 is 0.347 bits per heavy atom. The number of thiophene rings is 2. The predicted molar refractivity (Wildman–Crippen MR) is 293 cm³/mol. The Morgan fingerprint density at radius 2 is 0.653 bits per heavy atom. The molecule has 0 unspecified atom stereocenters. The zero-order chi connectivity index (χ0) is 47.8. The van der Waals surface area contributed by atoms with E-state index in [0.717, 1.165) is 118 Å². The molecule has 350 valence electrons. The summed E-state index contributed by atoms with van der Waals surface area (Å²) in [5, 5.41) is 8.41. The number of allylic oxidation sites excluding steroid dienone is 6. The number of benzene rings is 6. The lowest BCUT2D eigenvalue weighted by molar-refractivity contribution is 0.0973. The van der Waals surface area contributed by atoms with Gasteiger partial charge in [-0.1, -0.05) is 106 Å². The van der Waals surface area contributed by atoms with Crippen LogP contribution in [0.25, 0.3) is 65.0 Å². The van der Waals surface area contributed by atoms with Crippen molar-refractivity contribution in [1.29, 1.82) is 0 Å². The summed E-state index contributed by atoms with van der Waals surface area (Å²) >= 11 is 3.94. The largest absolute Gasteiger partial charge is 0.288 e. The molecule has 3 spiro atoms. The molecule has 4 nitrogen and oxygen atoms in total. The minimum Gasteiger partial charge on any atom is -0.288 e. The molecule has 16 rings (SSSR count).